The summed E-state index contributed by atoms with van der Waals surface area (Å²) in [5, 5.41) is 0. The lowest BCUT2D eigenvalue weighted by Crippen LogP contribution is -2.37. The Kier molecular flexibility index (Phi) is 5.54. The predicted molar refractivity (Wildman–Crippen MR) is 110 cm³/mol. The summed E-state index contributed by atoms with van der Waals surface area (Å²) in [4.78, 5) is 0. The number of alkyl halides is 3. The molecular weight excluding hydrogens is 392 g/mol. The van der Waals surface area contributed by atoms with Gasteiger partial charge in [-0.25, -0.2) is 4.39 Å². The molecule has 0 saturated carbocycles. The van der Waals surface area contributed by atoms with E-state index >= 15 is 0 Å². The molecule has 1 heterocycles. The molecule has 0 radical (unpaired) electrons. The van der Waals surface area contributed by atoms with Crippen LogP contribution in [0, 0.1) is 5.82 Å². The second-order valence-electron chi connectivity index (χ2n) is 7.65. The summed E-state index contributed by atoms with van der Waals surface area (Å²) in [6.07, 6.45) is -3.96. The molecule has 156 valence electrons. The predicted octanol–water partition coefficient (Wildman–Crippen LogP) is 7.37. The van der Waals surface area contributed by atoms with Gasteiger partial charge in [0.25, 0.3) is 0 Å². The van der Waals surface area contributed by atoms with Crippen molar-refractivity contribution >= 4 is 0 Å². The fourth-order valence-electron chi connectivity index (χ4n) is 3.87. The number of fused-ring (bicyclic) bond motifs is 1. The van der Waals surface area contributed by atoms with E-state index in [2.05, 4.69) is 19.1 Å². The zero-order valence-electron chi connectivity index (χ0n) is 16.6. The third kappa shape index (κ3) is 4.20. The minimum atomic E-state index is -4.38. The van der Waals surface area contributed by atoms with Gasteiger partial charge in [-0.2, -0.15) is 13.2 Å². The Morgan fingerprint density at radius 1 is 0.900 bits per heavy atom. The first-order chi connectivity index (χ1) is 14.3. The van der Waals surface area contributed by atoms with Crippen molar-refractivity contribution in [1.82, 2.24) is 0 Å². The molecule has 30 heavy (non-hydrogen) atoms. The highest BCUT2D eigenvalue weighted by molar-refractivity contribution is 5.72. The van der Waals surface area contributed by atoms with Crippen molar-refractivity contribution in [2.24, 2.45) is 0 Å². The molecule has 1 atom stereocenters. The first-order valence-electron chi connectivity index (χ1n) is 10.1. The van der Waals surface area contributed by atoms with Crippen molar-refractivity contribution < 1.29 is 22.3 Å². The Labute approximate surface area is 173 Å². The molecule has 0 aromatic heterocycles. The van der Waals surface area contributed by atoms with Crippen LogP contribution in [0.1, 0.15) is 30.9 Å². The van der Waals surface area contributed by atoms with E-state index in [-0.39, 0.29) is 24.4 Å². The second-order valence-corrected chi connectivity index (χ2v) is 7.65. The van der Waals surface area contributed by atoms with Gasteiger partial charge in [-0.15, -0.1) is 0 Å². The Morgan fingerprint density at radius 3 is 2.27 bits per heavy atom. The van der Waals surface area contributed by atoms with Crippen LogP contribution in [0.4, 0.5) is 17.6 Å². The Balaban J connectivity index is 1.58. The second kappa shape index (κ2) is 8.13. The van der Waals surface area contributed by atoms with Crippen molar-refractivity contribution in [2.45, 2.75) is 44.9 Å². The molecule has 0 amide bonds. The summed E-state index contributed by atoms with van der Waals surface area (Å²) in [6.45, 7) is 2.13. The minimum Gasteiger partial charge on any atom is -0.481 e. The SMILES string of the molecule is CCCc1ccc(-c2ccc(-c3ccc4c(c3)CCC(C(F)(F)F)O4)c(F)c2)cc1. The van der Waals surface area contributed by atoms with Crippen molar-refractivity contribution in [3.8, 4) is 28.0 Å². The van der Waals surface area contributed by atoms with Crippen molar-refractivity contribution in [3.05, 3.63) is 77.6 Å². The highest BCUT2D eigenvalue weighted by atomic mass is 19.4. The first kappa shape index (κ1) is 20.5. The lowest BCUT2D eigenvalue weighted by molar-refractivity contribution is -0.199. The molecule has 5 heteroatoms. The monoisotopic (exact) mass is 414 g/mol. The summed E-state index contributed by atoms with van der Waals surface area (Å²) in [7, 11) is 0. The molecule has 1 unspecified atom stereocenters. The van der Waals surface area contributed by atoms with Crippen LogP contribution >= 0.6 is 0 Å². The number of halogens is 4. The maximum atomic E-state index is 14.9. The van der Waals surface area contributed by atoms with Gasteiger partial charge < -0.3 is 4.74 Å². The molecule has 1 nitrogen and oxygen atoms in total. The van der Waals surface area contributed by atoms with Gasteiger partial charge in [0, 0.05) is 5.56 Å². The summed E-state index contributed by atoms with van der Waals surface area (Å²) in [6, 6.07) is 18.0. The quantitative estimate of drug-likeness (QED) is 0.405. The molecule has 0 bridgehead atoms. The van der Waals surface area contributed by atoms with Crippen LogP contribution in [-0.2, 0) is 12.8 Å². The minimum absolute atomic E-state index is 0.130. The maximum absolute atomic E-state index is 14.9. The summed E-state index contributed by atoms with van der Waals surface area (Å²) in [5.41, 5.74) is 4.70. The van der Waals surface area contributed by atoms with Crippen LogP contribution in [0.2, 0.25) is 0 Å². The molecule has 3 aromatic rings. The lowest BCUT2D eigenvalue weighted by Gasteiger charge is -2.28. The third-order valence-corrected chi connectivity index (χ3v) is 5.48. The number of benzene rings is 3. The number of ether oxygens (including phenoxy) is 1. The topological polar surface area (TPSA) is 9.23 Å². The molecular formula is C25H22F4O. The molecule has 0 N–H and O–H groups in total. The van der Waals surface area contributed by atoms with E-state index in [1.54, 1.807) is 18.2 Å². The molecule has 4 rings (SSSR count). The molecule has 0 spiro atoms. The van der Waals surface area contributed by atoms with E-state index in [0.29, 0.717) is 16.7 Å². The van der Waals surface area contributed by atoms with E-state index in [9.17, 15) is 17.6 Å². The van der Waals surface area contributed by atoms with Gasteiger partial charge in [-0.05, 0) is 65.3 Å². The average Bonchev–Trinajstić information content (AvgIpc) is 2.73. The van der Waals surface area contributed by atoms with E-state index in [1.165, 1.54) is 17.7 Å². The first-order valence-corrected chi connectivity index (χ1v) is 10.1. The van der Waals surface area contributed by atoms with Gasteiger partial charge in [0.1, 0.15) is 11.6 Å². The Morgan fingerprint density at radius 2 is 1.60 bits per heavy atom. The maximum Gasteiger partial charge on any atom is 0.425 e. The Bertz CT molecular complexity index is 1040. The van der Waals surface area contributed by atoms with E-state index in [1.807, 2.05) is 18.2 Å². The van der Waals surface area contributed by atoms with Crippen LogP contribution in [0.3, 0.4) is 0 Å². The fourth-order valence-corrected chi connectivity index (χ4v) is 3.87. The smallest absolute Gasteiger partial charge is 0.425 e. The molecule has 0 saturated heterocycles. The number of hydrogen-bond acceptors (Lipinski definition) is 1. The molecule has 0 aliphatic carbocycles. The zero-order valence-corrected chi connectivity index (χ0v) is 16.6. The average molecular weight is 414 g/mol. The number of aryl methyl sites for hydroxylation is 2. The van der Waals surface area contributed by atoms with Gasteiger partial charge in [-0.3, -0.25) is 0 Å². The van der Waals surface area contributed by atoms with Gasteiger partial charge in [0.15, 0.2) is 6.10 Å². The van der Waals surface area contributed by atoms with Crippen molar-refractivity contribution in [1.29, 1.82) is 0 Å². The van der Waals surface area contributed by atoms with Crippen LogP contribution in [0.15, 0.2) is 60.7 Å². The van der Waals surface area contributed by atoms with Crippen molar-refractivity contribution in [2.75, 3.05) is 0 Å². The normalized spacial score (nSPS) is 16.1. The van der Waals surface area contributed by atoms with Crippen molar-refractivity contribution in [3.63, 3.8) is 0 Å². The van der Waals surface area contributed by atoms with E-state index in [4.69, 9.17) is 4.74 Å². The lowest BCUT2D eigenvalue weighted by atomic mass is 9.95. The summed E-state index contributed by atoms with van der Waals surface area (Å²) >= 11 is 0. The zero-order chi connectivity index (χ0) is 21.3. The number of rotatable bonds is 4. The summed E-state index contributed by atoms with van der Waals surface area (Å²) < 4.78 is 58.7. The van der Waals surface area contributed by atoms with Gasteiger partial charge >= 0.3 is 6.18 Å². The molecule has 3 aromatic carbocycles. The molecule has 1 aliphatic rings. The summed E-state index contributed by atoms with van der Waals surface area (Å²) in [5.74, 6) is -0.147. The largest absolute Gasteiger partial charge is 0.481 e. The van der Waals surface area contributed by atoms with Crippen LogP contribution < -0.4 is 4.74 Å². The van der Waals surface area contributed by atoms with Crippen LogP contribution in [-0.4, -0.2) is 12.3 Å². The molecule has 0 fully saturated rings. The fraction of sp³-hybridized carbons (Fsp3) is 0.280. The standard InChI is InChI=1S/C25H22F4O/c1-2-3-16-4-6-17(7-5-16)18-8-11-21(22(26)15-18)19-9-12-23-20(14-19)10-13-24(30-23)25(27,28)29/h4-9,11-12,14-15,24H,2-3,10,13H2,1H3. The molecule has 1 aliphatic heterocycles. The highest BCUT2D eigenvalue weighted by Gasteiger charge is 2.43. The third-order valence-electron chi connectivity index (χ3n) is 5.48. The van der Waals surface area contributed by atoms with E-state index < -0.39 is 12.3 Å². The Hall–Kier alpha value is -2.82. The van der Waals surface area contributed by atoms with Crippen LogP contribution in [0.25, 0.3) is 22.3 Å². The van der Waals surface area contributed by atoms with Gasteiger partial charge in [-0.1, -0.05) is 55.8 Å². The van der Waals surface area contributed by atoms with E-state index in [0.717, 1.165) is 24.0 Å². The van der Waals surface area contributed by atoms with Gasteiger partial charge in [0.05, 0.1) is 0 Å². The number of hydrogen-bond donors (Lipinski definition) is 0. The van der Waals surface area contributed by atoms with Gasteiger partial charge in [0.2, 0.25) is 0 Å². The highest BCUT2D eigenvalue weighted by Crippen LogP contribution is 2.37. The van der Waals surface area contributed by atoms with Crippen LogP contribution in [0.5, 0.6) is 5.75 Å².